The summed E-state index contributed by atoms with van der Waals surface area (Å²) < 4.78 is 6.80. The summed E-state index contributed by atoms with van der Waals surface area (Å²) >= 11 is 0. The van der Waals surface area contributed by atoms with E-state index in [9.17, 15) is 9.59 Å². The summed E-state index contributed by atoms with van der Waals surface area (Å²) in [5, 5.41) is 13.5. The molecule has 0 saturated heterocycles. The third-order valence-corrected chi connectivity index (χ3v) is 4.52. The molecule has 3 rings (SSSR count). The number of benzene rings is 2. The first-order chi connectivity index (χ1) is 14.5. The van der Waals surface area contributed by atoms with Crippen LogP contribution in [-0.2, 0) is 17.9 Å². The Balaban J connectivity index is 1.57. The van der Waals surface area contributed by atoms with Crippen LogP contribution in [-0.4, -0.2) is 33.4 Å². The molecule has 30 heavy (non-hydrogen) atoms. The highest BCUT2D eigenvalue weighted by Crippen LogP contribution is 2.16. The highest BCUT2D eigenvalue weighted by Gasteiger charge is 2.18. The maximum Gasteiger partial charge on any atom is 0.278 e. The van der Waals surface area contributed by atoms with Crippen molar-refractivity contribution < 1.29 is 14.3 Å². The molecule has 0 fully saturated rings. The zero-order chi connectivity index (χ0) is 21.5. The Labute approximate surface area is 175 Å². The second-order valence-electron chi connectivity index (χ2n) is 6.85. The molecule has 2 amide bonds. The van der Waals surface area contributed by atoms with Crippen LogP contribution in [0.4, 0.5) is 5.69 Å². The number of nitrogens with one attached hydrogen (secondary N) is 2. The predicted molar refractivity (Wildman–Crippen MR) is 113 cm³/mol. The Bertz CT molecular complexity index is 1010. The van der Waals surface area contributed by atoms with Gasteiger partial charge in [0, 0.05) is 12.2 Å². The van der Waals surface area contributed by atoms with Crippen molar-refractivity contribution in [1.82, 2.24) is 20.3 Å². The molecular weight excluding hydrogens is 382 g/mol. The second kappa shape index (κ2) is 9.69. The lowest BCUT2D eigenvalue weighted by Gasteiger charge is -2.08. The third kappa shape index (κ3) is 5.44. The summed E-state index contributed by atoms with van der Waals surface area (Å²) in [5.41, 5.74) is 3.49. The van der Waals surface area contributed by atoms with Gasteiger partial charge in [0.25, 0.3) is 5.91 Å². The highest BCUT2D eigenvalue weighted by molar-refractivity contribution is 6.03. The van der Waals surface area contributed by atoms with Crippen molar-refractivity contribution in [3.8, 4) is 5.75 Å². The lowest BCUT2D eigenvalue weighted by Crippen LogP contribution is -2.28. The molecular formula is C22H25N5O3. The molecule has 3 aromatic rings. The van der Waals surface area contributed by atoms with Crippen molar-refractivity contribution in [2.24, 2.45) is 0 Å². The van der Waals surface area contributed by atoms with Gasteiger partial charge in [0.15, 0.2) is 5.69 Å². The first-order valence-corrected chi connectivity index (χ1v) is 9.72. The minimum absolute atomic E-state index is 0.0129. The quantitative estimate of drug-likeness (QED) is 0.598. The van der Waals surface area contributed by atoms with Crippen molar-refractivity contribution in [1.29, 1.82) is 0 Å². The zero-order valence-corrected chi connectivity index (χ0v) is 17.3. The van der Waals surface area contributed by atoms with Crippen LogP contribution in [0.2, 0.25) is 0 Å². The molecule has 0 aliphatic rings. The average molecular weight is 407 g/mol. The molecule has 1 heterocycles. The van der Waals surface area contributed by atoms with Crippen molar-refractivity contribution in [2.75, 3.05) is 11.9 Å². The molecule has 2 aromatic carbocycles. The normalized spacial score (nSPS) is 10.5. The Kier molecular flexibility index (Phi) is 6.79. The van der Waals surface area contributed by atoms with Gasteiger partial charge in [0.1, 0.15) is 12.3 Å². The first kappa shape index (κ1) is 21.0. The largest absolute Gasteiger partial charge is 0.494 e. The lowest BCUT2D eigenvalue weighted by atomic mass is 10.1. The monoisotopic (exact) mass is 407 g/mol. The number of aromatic nitrogens is 3. The van der Waals surface area contributed by atoms with Crippen LogP contribution in [0, 0.1) is 13.8 Å². The molecule has 0 radical (unpaired) electrons. The number of hydrogen-bond donors (Lipinski definition) is 2. The zero-order valence-electron chi connectivity index (χ0n) is 17.3. The molecule has 8 nitrogen and oxygen atoms in total. The van der Waals surface area contributed by atoms with Gasteiger partial charge in [-0.1, -0.05) is 35.0 Å². The van der Waals surface area contributed by atoms with Gasteiger partial charge >= 0.3 is 0 Å². The molecule has 0 unspecified atom stereocenters. The van der Waals surface area contributed by atoms with Crippen LogP contribution >= 0.6 is 0 Å². The van der Waals surface area contributed by atoms with Crippen LogP contribution in [0.1, 0.15) is 34.2 Å². The van der Waals surface area contributed by atoms with Crippen LogP contribution in [0.5, 0.6) is 5.75 Å². The van der Waals surface area contributed by atoms with E-state index in [1.54, 1.807) is 31.2 Å². The van der Waals surface area contributed by atoms with Crippen molar-refractivity contribution in [3.05, 3.63) is 71.0 Å². The fourth-order valence-electron chi connectivity index (χ4n) is 2.81. The molecule has 8 heteroatoms. The number of hydrogen-bond acceptors (Lipinski definition) is 5. The Morgan fingerprint density at radius 3 is 2.40 bits per heavy atom. The van der Waals surface area contributed by atoms with Crippen molar-refractivity contribution in [3.63, 3.8) is 0 Å². The van der Waals surface area contributed by atoms with Crippen molar-refractivity contribution >= 4 is 17.5 Å². The fourth-order valence-corrected chi connectivity index (χ4v) is 2.81. The Morgan fingerprint density at radius 2 is 1.73 bits per heavy atom. The van der Waals surface area contributed by atoms with E-state index in [2.05, 4.69) is 20.9 Å². The number of ether oxygens (including phenoxy) is 1. The van der Waals surface area contributed by atoms with E-state index in [4.69, 9.17) is 4.74 Å². The van der Waals surface area contributed by atoms with E-state index in [0.717, 1.165) is 11.3 Å². The number of anilines is 1. The second-order valence-corrected chi connectivity index (χ2v) is 6.85. The fraction of sp³-hybridized carbons (Fsp3) is 0.273. The molecule has 0 atom stereocenters. The van der Waals surface area contributed by atoms with Crippen LogP contribution in [0.25, 0.3) is 0 Å². The summed E-state index contributed by atoms with van der Waals surface area (Å²) in [6, 6.07) is 15.0. The molecule has 0 bridgehead atoms. The van der Waals surface area contributed by atoms with Gasteiger partial charge in [0.2, 0.25) is 5.91 Å². The molecule has 2 N–H and O–H groups in total. The van der Waals surface area contributed by atoms with Gasteiger partial charge in [-0.15, -0.1) is 5.10 Å². The summed E-state index contributed by atoms with van der Waals surface area (Å²) in [7, 11) is 0. The number of carbonyl (C=O) groups is 2. The highest BCUT2D eigenvalue weighted by atomic mass is 16.5. The van der Waals surface area contributed by atoms with Gasteiger partial charge in [0.05, 0.1) is 12.3 Å². The molecule has 1 aromatic heterocycles. The van der Waals surface area contributed by atoms with Gasteiger partial charge < -0.3 is 15.4 Å². The predicted octanol–water partition coefficient (Wildman–Crippen LogP) is 2.86. The number of aryl methyl sites for hydroxylation is 1. The minimum atomic E-state index is -0.386. The van der Waals surface area contributed by atoms with E-state index in [1.807, 2.05) is 38.1 Å². The summed E-state index contributed by atoms with van der Waals surface area (Å²) in [6.07, 6.45) is 0. The van der Waals surface area contributed by atoms with Crippen LogP contribution in [0.15, 0.2) is 48.5 Å². The lowest BCUT2D eigenvalue weighted by molar-refractivity contribution is -0.122. The Morgan fingerprint density at radius 1 is 1.03 bits per heavy atom. The van der Waals surface area contributed by atoms with E-state index < -0.39 is 0 Å². The summed E-state index contributed by atoms with van der Waals surface area (Å²) in [5.74, 6) is 0.138. The number of amides is 2. The number of nitrogens with zero attached hydrogens (tertiary/aromatic N) is 3. The van der Waals surface area contributed by atoms with Gasteiger partial charge in [-0.05, 0) is 50.6 Å². The van der Waals surface area contributed by atoms with E-state index in [1.165, 1.54) is 10.2 Å². The van der Waals surface area contributed by atoms with Crippen LogP contribution in [0.3, 0.4) is 0 Å². The van der Waals surface area contributed by atoms with E-state index in [0.29, 0.717) is 24.5 Å². The number of rotatable bonds is 8. The van der Waals surface area contributed by atoms with Gasteiger partial charge in [-0.2, -0.15) is 0 Å². The molecule has 0 spiro atoms. The summed E-state index contributed by atoms with van der Waals surface area (Å²) in [4.78, 5) is 24.8. The van der Waals surface area contributed by atoms with Crippen molar-refractivity contribution in [2.45, 2.75) is 33.9 Å². The standard InChI is InChI=1S/C22H25N5O3/c1-4-30-19-11-9-18(10-12-19)24-22(29)21-16(3)27(26-25-21)14-20(28)23-13-17-7-5-15(2)6-8-17/h5-12H,4,13-14H2,1-3H3,(H,23,28)(H,24,29). The van der Waals surface area contributed by atoms with E-state index in [-0.39, 0.29) is 24.1 Å². The maximum absolute atomic E-state index is 12.5. The maximum atomic E-state index is 12.5. The molecule has 156 valence electrons. The van der Waals surface area contributed by atoms with Gasteiger partial charge in [-0.25, -0.2) is 4.68 Å². The van der Waals surface area contributed by atoms with Crippen LogP contribution < -0.4 is 15.4 Å². The smallest absolute Gasteiger partial charge is 0.278 e. The number of carbonyl (C=O) groups excluding carboxylic acids is 2. The molecule has 0 aliphatic heterocycles. The minimum Gasteiger partial charge on any atom is -0.494 e. The Hall–Kier alpha value is -3.68. The summed E-state index contributed by atoms with van der Waals surface area (Å²) in [6.45, 7) is 6.62. The topological polar surface area (TPSA) is 98.1 Å². The SMILES string of the molecule is CCOc1ccc(NC(=O)c2nnn(CC(=O)NCc3ccc(C)cc3)c2C)cc1. The average Bonchev–Trinajstić information content (AvgIpc) is 3.09. The first-order valence-electron chi connectivity index (χ1n) is 9.72. The molecule has 0 saturated carbocycles. The van der Waals surface area contributed by atoms with E-state index >= 15 is 0 Å². The third-order valence-electron chi connectivity index (χ3n) is 4.52. The molecule has 0 aliphatic carbocycles. The van der Waals surface area contributed by atoms with Gasteiger partial charge in [-0.3, -0.25) is 9.59 Å².